The molecule has 3 fully saturated rings. The summed E-state index contributed by atoms with van der Waals surface area (Å²) in [4.78, 5) is 50.5. The molecule has 4 aliphatic rings. The largest absolute Gasteiger partial charge is 0.423 e. The number of ketones is 1. The van der Waals surface area contributed by atoms with Gasteiger partial charge in [-0.1, -0.05) is 34.6 Å². The van der Waals surface area contributed by atoms with Crippen LogP contribution in [0.1, 0.15) is 115 Å². The Labute approximate surface area is 237 Å². The third kappa shape index (κ3) is 3.75. The van der Waals surface area contributed by atoms with Crippen LogP contribution in [0.2, 0.25) is 0 Å². The summed E-state index contributed by atoms with van der Waals surface area (Å²) in [6, 6.07) is 1.75. The summed E-state index contributed by atoms with van der Waals surface area (Å²) in [5.74, 6) is -0.853. The van der Waals surface area contributed by atoms with Gasteiger partial charge in [0.25, 0.3) is 0 Å². The highest BCUT2D eigenvalue weighted by atomic mass is 16.6. The number of allylic oxidation sites excluding steroid dienone is 2. The zero-order valence-electron chi connectivity index (χ0n) is 25.2. The first-order valence-corrected chi connectivity index (χ1v) is 14.5. The number of nitrogens with two attached hydrogens (primary N) is 1. The van der Waals surface area contributed by atoms with Crippen LogP contribution in [0.15, 0.2) is 17.7 Å². The van der Waals surface area contributed by atoms with E-state index in [1.807, 2.05) is 13.0 Å². The van der Waals surface area contributed by atoms with E-state index >= 15 is 0 Å². The molecule has 0 heterocycles. The molecule has 1 amide bonds. The fraction of sp³-hybridized carbons (Fsp3) is 0.636. The maximum absolute atomic E-state index is 13.9. The van der Waals surface area contributed by atoms with E-state index in [1.54, 1.807) is 13.0 Å². The summed E-state index contributed by atoms with van der Waals surface area (Å²) >= 11 is 0. The number of carbonyl (C=O) groups excluding carboxylic acids is 4. The van der Waals surface area contributed by atoms with Crippen LogP contribution < -0.4 is 15.2 Å². The van der Waals surface area contributed by atoms with Crippen molar-refractivity contribution in [3.05, 3.63) is 34.4 Å². The number of esters is 2. The molecule has 40 heavy (non-hydrogen) atoms. The smallest absolute Gasteiger partial charge is 0.308 e. The second-order valence-electron chi connectivity index (χ2n) is 14.3. The second-order valence-corrected chi connectivity index (χ2v) is 14.3. The molecule has 0 aromatic heterocycles. The average molecular weight is 550 g/mol. The van der Waals surface area contributed by atoms with Gasteiger partial charge in [0, 0.05) is 35.8 Å². The average Bonchev–Trinajstić information content (AvgIpc) is 2.85. The number of carbonyl (C=O) groups is 4. The fourth-order valence-electron chi connectivity index (χ4n) is 9.23. The molecule has 0 bridgehead atoms. The number of amides is 1. The monoisotopic (exact) mass is 549 g/mol. The number of hydrogen-bond donors (Lipinski definition) is 1. The lowest BCUT2D eigenvalue weighted by atomic mass is 9.34. The zero-order valence-corrected chi connectivity index (χ0v) is 25.2. The molecule has 0 saturated heterocycles. The first kappa shape index (κ1) is 28.6. The number of hydrogen-bond acceptors (Lipinski definition) is 6. The second kappa shape index (κ2) is 8.77. The quantitative estimate of drug-likeness (QED) is 0.359. The van der Waals surface area contributed by atoms with Crippen molar-refractivity contribution in [1.82, 2.24) is 0 Å². The number of ether oxygens (including phenoxy) is 2. The molecule has 0 spiro atoms. The van der Waals surface area contributed by atoms with Crippen LogP contribution in [-0.2, 0) is 19.8 Å². The molecule has 4 aliphatic carbocycles. The Morgan fingerprint density at radius 2 is 1.52 bits per heavy atom. The van der Waals surface area contributed by atoms with Gasteiger partial charge in [-0.3, -0.25) is 19.2 Å². The van der Waals surface area contributed by atoms with Crippen LogP contribution in [0.3, 0.4) is 0 Å². The first-order chi connectivity index (χ1) is 18.4. The van der Waals surface area contributed by atoms with Crippen molar-refractivity contribution >= 4 is 23.6 Å². The van der Waals surface area contributed by atoms with E-state index in [0.29, 0.717) is 11.1 Å². The Kier molecular flexibility index (Phi) is 6.26. The molecule has 3 saturated carbocycles. The van der Waals surface area contributed by atoms with E-state index in [0.717, 1.165) is 56.1 Å². The SMILES string of the molecule is CC(=O)Oc1cc2c(c(C)c1OC(C)=O)C(=O)C=C1[C@@]2(C)CC[C@@]2(C)[C@@H]3C[C@](C)(C(N)=O)CC[C@]3(C)CC[C@]12C. The molecule has 5 rings (SSSR count). The van der Waals surface area contributed by atoms with E-state index in [9.17, 15) is 19.2 Å². The minimum absolute atomic E-state index is 0.114. The molecule has 216 valence electrons. The highest BCUT2D eigenvalue weighted by Gasteiger charge is 2.67. The molecule has 0 unspecified atom stereocenters. The van der Waals surface area contributed by atoms with Crippen LogP contribution in [0.4, 0.5) is 0 Å². The molecule has 6 atom stereocenters. The summed E-state index contributed by atoms with van der Waals surface area (Å²) in [6.07, 6.45) is 8.10. The van der Waals surface area contributed by atoms with E-state index in [2.05, 4.69) is 27.7 Å². The summed E-state index contributed by atoms with van der Waals surface area (Å²) in [6.45, 7) is 15.6. The highest BCUT2D eigenvalue weighted by molar-refractivity contribution is 6.10. The fourth-order valence-corrected chi connectivity index (χ4v) is 9.23. The summed E-state index contributed by atoms with van der Waals surface area (Å²) in [5, 5.41) is 0. The third-order valence-electron chi connectivity index (χ3n) is 12.0. The Balaban J connectivity index is 1.67. The highest BCUT2D eigenvalue weighted by Crippen LogP contribution is 2.74. The Morgan fingerprint density at radius 3 is 2.12 bits per heavy atom. The van der Waals surface area contributed by atoms with E-state index in [-0.39, 0.29) is 45.4 Å². The van der Waals surface area contributed by atoms with Crippen LogP contribution in [-0.4, -0.2) is 23.6 Å². The van der Waals surface area contributed by atoms with Gasteiger partial charge in [0.2, 0.25) is 5.91 Å². The van der Waals surface area contributed by atoms with Crippen LogP contribution >= 0.6 is 0 Å². The number of rotatable bonds is 3. The van der Waals surface area contributed by atoms with Gasteiger partial charge in [0.15, 0.2) is 17.3 Å². The third-order valence-corrected chi connectivity index (χ3v) is 12.0. The van der Waals surface area contributed by atoms with Gasteiger partial charge in [-0.25, -0.2) is 0 Å². The molecule has 0 radical (unpaired) electrons. The normalized spacial score (nSPS) is 38.1. The van der Waals surface area contributed by atoms with Gasteiger partial charge in [-0.15, -0.1) is 0 Å². The maximum Gasteiger partial charge on any atom is 0.308 e. The molecule has 1 aromatic rings. The molecule has 1 aromatic carbocycles. The van der Waals surface area contributed by atoms with Crippen LogP contribution in [0.5, 0.6) is 11.5 Å². The lowest BCUT2D eigenvalue weighted by molar-refractivity contribution is -0.165. The molecular weight excluding hydrogens is 506 g/mol. The predicted octanol–water partition coefficient (Wildman–Crippen LogP) is 6.12. The van der Waals surface area contributed by atoms with Crippen molar-refractivity contribution < 1.29 is 28.7 Å². The zero-order chi connectivity index (χ0) is 29.6. The predicted molar refractivity (Wildman–Crippen MR) is 151 cm³/mol. The molecule has 7 heteroatoms. The molecule has 0 aliphatic heterocycles. The van der Waals surface area contributed by atoms with Crippen molar-refractivity contribution in [1.29, 1.82) is 0 Å². The topological polar surface area (TPSA) is 113 Å². The number of fused-ring (bicyclic) bond motifs is 7. The molecule has 7 nitrogen and oxygen atoms in total. The van der Waals surface area contributed by atoms with Crippen molar-refractivity contribution in [2.45, 2.75) is 106 Å². The lowest BCUT2D eigenvalue weighted by Crippen LogP contribution is -2.63. The van der Waals surface area contributed by atoms with Crippen molar-refractivity contribution in [3.63, 3.8) is 0 Å². The summed E-state index contributed by atoms with van der Waals surface area (Å²) < 4.78 is 11.0. The first-order valence-electron chi connectivity index (χ1n) is 14.5. The van der Waals surface area contributed by atoms with Crippen molar-refractivity contribution in [3.8, 4) is 11.5 Å². The van der Waals surface area contributed by atoms with Gasteiger partial charge in [0.1, 0.15) is 0 Å². The van der Waals surface area contributed by atoms with E-state index in [1.165, 1.54) is 13.8 Å². The minimum Gasteiger partial charge on any atom is -0.423 e. The standard InChI is InChI=1S/C33H43NO6/c1-18-26-21(15-23(39-19(2)35)27(18)40-20(3)36)31(6)12-14-33(8)25-17-30(5,28(34)38)10-9-29(25,4)11-13-32(33,7)24(31)16-22(26)37/h15-16,25H,9-14,17H2,1-8H3,(H2,34,38)/t25-,29-,30-,31+,32-,33+/m1/s1. The maximum atomic E-state index is 13.9. The van der Waals surface area contributed by atoms with Gasteiger partial charge in [0.05, 0.1) is 0 Å². The molecular formula is C33H43NO6. The minimum atomic E-state index is -0.552. The van der Waals surface area contributed by atoms with Gasteiger partial charge < -0.3 is 15.2 Å². The van der Waals surface area contributed by atoms with Gasteiger partial charge >= 0.3 is 11.9 Å². The summed E-state index contributed by atoms with van der Waals surface area (Å²) in [5.41, 5.74) is 7.62. The summed E-state index contributed by atoms with van der Waals surface area (Å²) in [7, 11) is 0. The number of primary amides is 1. The number of benzene rings is 1. The molecule has 2 N–H and O–H groups in total. The van der Waals surface area contributed by atoms with Crippen LogP contribution in [0.25, 0.3) is 0 Å². The van der Waals surface area contributed by atoms with Crippen molar-refractivity contribution in [2.75, 3.05) is 0 Å². The van der Waals surface area contributed by atoms with Gasteiger partial charge in [-0.05, 0) is 97.3 Å². The Bertz CT molecular complexity index is 1390. The lowest BCUT2D eigenvalue weighted by Gasteiger charge is -2.69. The Morgan fingerprint density at radius 1 is 0.900 bits per heavy atom. The van der Waals surface area contributed by atoms with Crippen LogP contribution in [0, 0.1) is 34.5 Å². The van der Waals surface area contributed by atoms with E-state index < -0.39 is 22.8 Å². The van der Waals surface area contributed by atoms with Crippen molar-refractivity contribution in [2.24, 2.45) is 33.3 Å². The van der Waals surface area contributed by atoms with Gasteiger partial charge in [-0.2, -0.15) is 0 Å². The van der Waals surface area contributed by atoms with E-state index in [4.69, 9.17) is 15.2 Å². The Hall–Kier alpha value is -2.96.